The molecule has 0 aromatic heterocycles. The molecule has 5 heteroatoms. The van der Waals surface area contributed by atoms with E-state index in [4.69, 9.17) is 4.74 Å². The van der Waals surface area contributed by atoms with Gasteiger partial charge in [-0.1, -0.05) is 12.1 Å². The molecule has 0 radical (unpaired) electrons. The lowest BCUT2D eigenvalue weighted by molar-refractivity contribution is -0.121. The molecular weight excluding hydrogens is 271 g/mol. The van der Waals surface area contributed by atoms with Crippen LogP contribution in [0, 0.1) is 5.82 Å². The van der Waals surface area contributed by atoms with E-state index in [1.165, 1.54) is 12.1 Å². The second-order valence-corrected chi connectivity index (χ2v) is 5.53. The summed E-state index contributed by atoms with van der Waals surface area (Å²) in [6.45, 7) is 2.58. The molecule has 1 fully saturated rings. The van der Waals surface area contributed by atoms with Crippen LogP contribution in [0.4, 0.5) is 4.39 Å². The highest BCUT2D eigenvalue weighted by Gasteiger charge is 2.34. The number of rotatable bonds is 6. The van der Waals surface area contributed by atoms with Crippen molar-refractivity contribution < 1.29 is 13.9 Å². The maximum absolute atomic E-state index is 13.1. The van der Waals surface area contributed by atoms with Crippen molar-refractivity contribution in [3.05, 3.63) is 35.6 Å². The minimum absolute atomic E-state index is 0.0392. The Kier molecular flexibility index (Phi) is 5.70. The van der Waals surface area contributed by atoms with Crippen molar-refractivity contribution in [3.8, 4) is 0 Å². The van der Waals surface area contributed by atoms with Crippen LogP contribution in [0.15, 0.2) is 24.3 Å². The van der Waals surface area contributed by atoms with Crippen LogP contribution < -0.4 is 10.6 Å². The van der Waals surface area contributed by atoms with Crippen LogP contribution in [0.25, 0.3) is 0 Å². The summed E-state index contributed by atoms with van der Waals surface area (Å²) in [5, 5.41) is 5.97. The van der Waals surface area contributed by atoms with Crippen molar-refractivity contribution in [2.45, 2.75) is 24.7 Å². The maximum atomic E-state index is 13.1. The molecule has 0 atom stereocenters. The summed E-state index contributed by atoms with van der Waals surface area (Å²) in [4.78, 5) is 11.8. The summed E-state index contributed by atoms with van der Waals surface area (Å²) in [5.41, 5.74) is 0.919. The monoisotopic (exact) mass is 294 g/mol. The molecular formula is C16H23FN2O2. The summed E-state index contributed by atoms with van der Waals surface area (Å²) in [6, 6.07) is 6.60. The molecule has 116 valence electrons. The van der Waals surface area contributed by atoms with E-state index >= 15 is 0 Å². The van der Waals surface area contributed by atoms with Crippen LogP contribution in [0.1, 0.15) is 24.8 Å². The first-order chi connectivity index (χ1) is 10.2. The number of carbonyl (C=O) groups excluding carboxylic acids is 1. The molecule has 4 nitrogen and oxygen atoms in total. The van der Waals surface area contributed by atoms with Crippen molar-refractivity contribution in [3.63, 3.8) is 0 Å². The van der Waals surface area contributed by atoms with Gasteiger partial charge in [0.1, 0.15) is 5.82 Å². The van der Waals surface area contributed by atoms with E-state index < -0.39 is 0 Å². The van der Waals surface area contributed by atoms with Gasteiger partial charge in [-0.15, -0.1) is 0 Å². The minimum Gasteiger partial charge on any atom is -0.381 e. The zero-order valence-electron chi connectivity index (χ0n) is 12.5. The SMILES string of the molecule is CNCCC(=O)NCC1(c2ccc(F)cc2)CCOCC1. The average molecular weight is 294 g/mol. The molecule has 1 amide bonds. The number of hydrogen-bond donors (Lipinski definition) is 2. The Morgan fingerprint density at radius 3 is 2.57 bits per heavy atom. The number of halogens is 1. The number of amides is 1. The molecule has 2 rings (SSSR count). The smallest absolute Gasteiger partial charge is 0.221 e. The van der Waals surface area contributed by atoms with Gasteiger partial charge in [0.05, 0.1) is 0 Å². The Morgan fingerprint density at radius 2 is 1.95 bits per heavy atom. The number of hydrogen-bond acceptors (Lipinski definition) is 3. The molecule has 0 spiro atoms. The molecule has 1 aromatic rings. The molecule has 2 N–H and O–H groups in total. The van der Waals surface area contributed by atoms with Gasteiger partial charge in [0.2, 0.25) is 5.91 Å². The molecule has 1 aliphatic heterocycles. The predicted molar refractivity (Wildman–Crippen MR) is 79.7 cm³/mol. The van der Waals surface area contributed by atoms with Crippen LogP contribution in [0.3, 0.4) is 0 Å². The number of nitrogens with one attached hydrogen (secondary N) is 2. The molecule has 21 heavy (non-hydrogen) atoms. The fourth-order valence-electron chi connectivity index (χ4n) is 2.73. The van der Waals surface area contributed by atoms with Crippen molar-refractivity contribution in [1.29, 1.82) is 0 Å². The van der Waals surface area contributed by atoms with E-state index in [1.807, 2.05) is 19.2 Å². The van der Waals surface area contributed by atoms with Gasteiger partial charge in [-0.05, 0) is 37.6 Å². The summed E-state index contributed by atoms with van der Waals surface area (Å²) < 4.78 is 18.6. The molecule has 1 aliphatic rings. The standard InChI is InChI=1S/C16H23FN2O2/c1-18-9-6-15(20)19-12-16(7-10-21-11-8-16)13-2-4-14(17)5-3-13/h2-5,18H,6-12H2,1H3,(H,19,20). The van der Waals surface area contributed by atoms with Crippen molar-refractivity contribution in [2.75, 3.05) is 33.4 Å². The van der Waals surface area contributed by atoms with Gasteiger partial charge in [-0.2, -0.15) is 0 Å². The highest BCUT2D eigenvalue weighted by molar-refractivity contribution is 5.76. The van der Waals surface area contributed by atoms with Gasteiger partial charge in [-0.3, -0.25) is 4.79 Å². The first kappa shape index (κ1) is 15.9. The first-order valence-corrected chi connectivity index (χ1v) is 7.41. The normalized spacial score (nSPS) is 17.4. The molecule has 1 heterocycles. The lowest BCUT2D eigenvalue weighted by Gasteiger charge is -2.38. The van der Waals surface area contributed by atoms with E-state index in [0.717, 1.165) is 18.4 Å². The lowest BCUT2D eigenvalue weighted by atomic mass is 9.74. The Hall–Kier alpha value is -1.46. The molecule has 0 bridgehead atoms. The number of benzene rings is 1. The zero-order chi connectivity index (χ0) is 15.1. The highest BCUT2D eigenvalue weighted by atomic mass is 19.1. The fraction of sp³-hybridized carbons (Fsp3) is 0.562. The van der Waals surface area contributed by atoms with Crippen LogP contribution in [-0.2, 0) is 14.9 Å². The van der Waals surface area contributed by atoms with Gasteiger partial charge in [0.15, 0.2) is 0 Å². The third-order valence-corrected chi connectivity index (χ3v) is 4.13. The Morgan fingerprint density at radius 1 is 1.29 bits per heavy atom. The fourth-order valence-corrected chi connectivity index (χ4v) is 2.73. The van der Waals surface area contributed by atoms with Gasteiger partial charge < -0.3 is 15.4 Å². The maximum Gasteiger partial charge on any atom is 0.221 e. The number of carbonyl (C=O) groups is 1. The summed E-state index contributed by atoms with van der Waals surface area (Å²) in [7, 11) is 1.83. The van der Waals surface area contributed by atoms with Gasteiger partial charge in [-0.25, -0.2) is 4.39 Å². The largest absolute Gasteiger partial charge is 0.381 e. The summed E-state index contributed by atoms with van der Waals surface area (Å²) in [5.74, 6) is -0.198. The Balaban J connectivity index is 2.06. The van der Waals surface area contributed by atoms with E-state index in [1.54, 1.807) is 0 Å². The average Bonchev–Trinajstić information content (AvgIpc) is 2.52. The molecule has 0 aliphatic carbocycles. The summed E-state index contributed by atoms with van der Waals surface area (Å²) in [6.07, 6.45) is 2.14. The second-order valence-electron chi connectivity index (χ2n) is 5.53. The quantitative estimate of drug-likeness (QED) is 0.838. The van der Waals surface area contributed by atoms with Crippen molar-refractivity contribution in [1.82, 2.24) is 10.6 Å². The summed E-state index contributed by atoms with van der Waals surface area (Å²) >= 11 is 0. The van der Waals surface area contributed by atoms with E-state index in [2.05, 4.69) is 10.6 Å². The number of ether oxygens (including phenoxy) is 1. The van der Waals surface area contributed by atoms with E-state index in [0.29, 0.717) is 32.7 Å². The molecule has 1 aromatic carbocycles. The van der Waals surface area contributed by atoms with Crippen LogP contribution in [-0.4, -0.2) is 39.3 Å². The van der Waals surface area contributed by atoms with Gasteiger partial charge in [0, 0.05) is 38.1 Å². The van der Waals surface area contributed by atoms with Gasteiger partial charge >= 0.3 is 0 Å². The van der Waals surface area contributed by atoms with Crippen LogP contribution in [0.2, 0.25) is 0 Å². The predicted octanol–water partition coefficient (Wildman–Crippen LogP) is 1.60. The molecule has 0 saturated carbocycles. The van der Waals surface area contributed by atoms with Crippen molar-refractivity contribution in [2.24, 2.45) is 0 Å². The van der Waals surface area contributed by atoms with Gasteiger partial charge in [0.25, 0.3) is 0 Å². The molecule has 1 saturated heterocycles. The van der Waals surface area contributed by atoms with Crippen LogP contribution in [0.5, 0.6) is 0 Å². The van der Waals surface area contributed by atoms with E-state index in [9.17, 15) is 9.18 Å². The Bertz CT molecular complexity index is 456. The zero-order valence-corrected chi connectivity index (χ0v) is 12.5. The lowest BCUT2D eigenvalue weighted by Crippen LogP contribution is -2.45. The second kappa shape index (κ2) is 7.52. The van der Waals surface area contributed by atoms with Crippen molar-refractivity contribution >= 4 is 5.91 Å². The van der Waals surface area contributed by atoms with E-state index in [-0.39, 0.29) is 17.1 Å². The third-order valence-electron chi connectivity index (χ3n) is 4.13. The third kappa shape index (κ3) is 4.25. The molecule has 0 unspecified atom stereocenters. The topological polar surface area (TPSA) is 50.4 Å². The Labute approximate surface area is 125 Å². The van der Waals surface area contributed by atoms with Crippen LogP contribution >= 0.6 is 0 Å². The first-order valence-electron chi connectivity index (χ1n) is 7.41. The minimum atomic E-state index is -0.237. The highest BCUT2D eigenvalue weighted by Crippen LogP contribution is 2.34.